The normalized spacial score (nSPS) is 14.9. The summed E-state index contributed by atoms with van der Waals surface area (Å²) in [5, 5.41) is 11.9. The van der Waals surface area contributed by atoms with Crippen LogP contribution in [0.2, 0.25) is 5.02 Å². The van der Waals surface area contributed by atoms with Crippen LogP contribution in [0.25, 0.3) is 0 Å². The molecule has 2 aromatic rings. The molecule has 32 heavy (non-hydrogen) atoms. The van der Waals surface area contributed by atoms with Gasteiger partial charge >= 0.3 is 5.97 Å². The second kappa shape index (κ2) is 9.59. The highest BCUT2D eigenvalue weighted by Gasteiger charge is 2.35. The number of benzene rings is 2. The number of hydrogen-bond donors (Lipinski definition) is 1. The number of ether oxygens (including phenoxy) is 1. The maximum absolute atomic E-state index is 13.1. The van der Waals surface area contributed by atoms with Crippen LogP contribution < -0.4 is 9.62 Å². The van der Waals surface area contributed by atoms with Gasteiger partial charge in [-0.15, -0.1) is 0 Å². The van der Waals surface area contributed by atoms with Crippen molar-refractivity contribution in [1.29, 1.82) is 5.26 Å². The average Bonchev–Trinajstić information content (AvgIpc) is 3.26. The molecule has 0 spiro atoms. The monoisotopic (exact) mass is 475 g/mol. The molecule has 0 saturated heterocycles. The number of anilines is 1. The highest BCUT2D eigenvalue weighted by molar-refractivity contribution is 7.93. The summed E-state index contributed by atoms with van der Waals surface area (Å²) < 4.78 is 32.2. The first kappa shape index (κ1) is 23.6. The van der Waals surface area contributed by atoms with Crippen LogP contribution in [-0.4, -0.2) is 39.5 Å². The minimum Gasteiger partial charge on any atom is -0.452 e. The third-order valence-electron chi connectivity index (χ3n) is 5.31. The zero-order chi connectivity index (χ0) is 23.4. The minimum absolute atomic E-state index is 0.0562. The molecule has 0 heterocycles. The lowest BCUT2D eigenvalue weighted by molar-refractivity contribution is -0.125. The van der Waals surface area contributed by atoms with Crippen molar-refractivity contribution in [2.45, 2.75) is 36.1 Å². The number of para-hydroxylation sites is 1. The van der Waals surface area contributed by atoms with Crippen LogP contribution in [0.5, 0.6) is 0 Å². The van der Waals surface area contributed by atoms with Gasteiger partial charge in [0, 0.05) is 7.05 Å². The van der Waals surface area contributed by atoms with Gasteiger partial charge in [-0.1, -0.05) is 29.8 Å². The molecule has 0 aliphatic heterocycles. The fraction of sp³-hybridized carbons (Fsp3) is 0.318. The fourth-order valence-electron chi connectivity index (χ4n) is 3.51. The maximum Gasteiger partial charge on any atom is 0.338 e. The molecule has 8 nitrogen and oxygen atoms in total. The molecule has 0 atom stereocenters. The summed E-state index contributed by atoms with van der Waals surface area (Å²) in [6.45, 7) is -0.586. The van der Waals surface area contributed by atoms with Gasteiger partial charge < -0.3 is 10.1 Å². The van der Waals surface area contributed by atoms with Gasteiger partial charge in [0.1, 0.15) is 10.4 Å². The third kappa shape index (κ3) is 5.03. The van der Waals surface area contributed by atoms with Gasteiger partial charge in [-0.3, -0.25) is 9.10 Å². The van der Waals surface area contributed by atoms with Gasteiger partial charge in [-0.05, 0) is 56.0 Å². The summed E-state index contributed by atoms with van der Waals surface area (Å²) in [4.78, 5) is 24.3. The van der Waals surface area contributed by atoms with E-state index in [1.165, 1.54) is 19.2 Å². The van der Waals surface area contributed by atoms with Crippen molar-refractivity contribution in [3.63, 3.8) is 0 Å². The molecule has 0 unspecified atom stereocenters. The van der Waals surface area contributed by atoms with Gasteiger partial charge in [-0.25, -0.2) is 13.2 Å². The van der Waals surface area contributed by atoms with Crippen LogP contribution in [0.15, 0.2) is 53.4 Å². The quantitative estimate of drug-likeness (QED) is 0.614. The van der Waals surface area contributed by atoms with Crippen molar-refractivity contribution >= 4 is 39.2 Å². The smallest absolute Gasteiger partial charge is 0.338 e. The van der Waals surface area contributed by atoms with E-state index in [9.17, 15) is 23.3 Å². The van der Waals surface area contributed by atoms with E-state index < -0.39 is 34.0 Å². The van der Waals surface area contributed by atoms with Crippen molar-refractivity contribution in [3.8, 4) is 6.07 Å². The summed E-state index contributed by atoms with van der Waals surface area (Å²) in [5.74, 6) is -1.47. The number of sulfonamides is 1. The Hall–Kier alpha value is -3.09. The Morgan fingerprint density at radius 2 is 1.84 bits per heavy atom. The fourth-order valence-corrected chi connectivity index (χ4v) is 5.21. The van der Waals surface area contributed by atoms with E-state index in [4.69, 9.17) is 16.3 Å². The lowest BCUT2D eigenvalue weighted by atomic mass is 10.00. The highest BCUT2D eigenvalue weighted by atomic mass is 35.5. The molecule has 0 bridgehead atoms. The molecule has 1 aliphatic carbocycles. The molecule has 3 rings (SSSR count). The molecule has 1 fully saturated rings. The number of rotatable bonds is 7. The average molecular weight is 476 g/mol. The van der Waals surface area contributed by atoms with Gasteiger partial charge in [-0.2, -0.15) is 5.26 Å². The molecular weight excluding hydrogens is 454 g/mol. The highest BCUT2D eigenvalue weighted by Crippen LogP contribution is 2.29. The summed E-state index contributed by atoms with van der Waals surface area (Å²) >= 11 is 6.12. The summed E-state index contributed by atoms with van der Waals surface area (Å²) in [6.07, 6.45) is 2.78. The third-order valence-corrected chi connectivity index (χ3v) is 7.58. The standard InChI is InChI=1S/C22H22ClN3O5S/c1-26(17-7-3-2-4-8-17)32(29,30)19-13-16(9-10-18(19)23)21(28)31-14-20(27)25-22(15-24)11-5-6-12-22/h2-4,7-10,13H,5-6,11-12,14H2,1H3,(H,25,27). The van der Waals surface area contributed by atoms with Crippen molar-refractivity contribution in [2.24, 2.45) is 0 Å². The Morgan fingerprint density at radius 1 is 1.19 bits per heavy atom. The van der Waals surface area contributed by atoms with Crippen LogP contribution in [0, 0.1) is 11.3 Å². The molecule has 2 aromatic carbocycles. The van der Waals surface area contributed by atoms with E-state index in [0.29, 0.717) is 18.5 Å². The molecule has 0 aromatic heterocycles. The summed E-state index contributed by atoms with van der Waals surface area (Å²) in [5.41, 5.74) is -0.572. The topological polar surface area (TPSA) is 117 Å². The number of amides is 1. The van der Waals surface area contributed by atoms with Crippen molar-refractivity contribution in [3.05, 3.63) is 59.1 Å². The number of hydrogen-bond acceptors (Lipinski definition) is 6. The number of esters is 1. The summed E-state index contributed by atoms with van der Waals surface area (Å²) in [7, 11) is -2.68. The second-order valence-corrected chi connectivity index (χ2v) is 9.82. The molecule has 0 radical (unpaired) electrons. The van der Waals surface area contributed by atoms with E-state index in [2.05, 4.69) is 11.4 Å². The number of carbonyl (C=O) groups is 2. The number of nitriles is 1. The number of nitrogens with zero attached hydrogens (tertiary/aromatic N) is 2. The largest absolute Gasteiger partial charge is 0.452 e. The number of halogens is 1. The Bertz CT molecular complexity index is 1160. The van der Waals surface area contributed by atoms with Crippen LogP contribution in [0.3, 0.4) is 0 Å². The molecule has 1 amide bonds. The van der Waals surface area contributed by atoms with E-state index in [-0.39, 0.29) is 15.5 Å². The first-order valence-corrected chi connectivity index (χ1v) is 11.7. The van der Waals surface area contributed by atoms with E-state index >= 15 is 0 Å². The Kier molecular flexibility index (Phi) is 7.06. The van der Waals surface area contributed by atoms with Crippen LogP contribution in [0.4, 0.5) is 5.69 Å². The van der Waals surface area contributed by atoms with E-state index in [1.54, 1.807) is 30.3 Å². The van der Waals surface area contributed by atoms with Gasteiger partial charge in [0.15, 0.2) is 6.61 Å². The zero-order valence-corrected chi connectivity index (χ0v) is 18.9. The first-order chi connectivity index (χ1) is 15.2. The first-order valence-electron chi connectivity index (χ1n) is 9.91. The Morgan fingerprint density at radius 3 is 2.47 bits per heavy atom. The Balaban J connectivity index is 1.73. The minimum atomic E-state index is -4.06. The van der Waals surface area contributed by atoms with Crippen molar-refractivity contribution in [1.82, 2.24) is 5.32 Å². The molecule has 168 valence electrons. The molecule has 10 heteroatoms. The van der Waals surface area contributed by atoms with Gasteiger partial charge in [0.2, 0.25) is 0 Å². The van der Waals surface area contributed by atoms with Crippen LogP contribution in [-0.2, 0) is 19.6 Å². The van der Waals surface area contributed by atoms with Crippen LogP contribution in [0.1, 0.15) is 36.0 Å². The maximum atomic E-state index is 13.1. The second-order valence-electron chi connectivity index (χ2n) is 7.48. The molecular formula is C22H22ClN3O5S. The lowest BCUT2D eigenvalue weighted by Crippen LogP contribution is -2.46. The predicted molar refractivity (Wildman–Crippen MR) is 119 cm³/mol. The number of nitrogens with one attached hydrogen (secondary N) is 1. The van der Waals surface area contributed by atoms with E-state index in [0.717, 1.165) is 23.2 Å². The number of carbonyl (C=O) groups excluding carboxylic acids is 2. The molecule has 1 N–H and O–H groups in total. The Labute approximate surface area is 191 Å². The van der Waals surface area contributed by atoms with Crippen molar-refractivity contribution in [2.75, 3.05) is 18.0 Å². The van der Waals surface area contributed by atoms with Gasteiger partial charge in [0.05, 0.1) is 22.3 Å². The van der Waals surface area contributed by atoms with Crippen LogP contribution >= 0.6 is 11.6 Å². The zero-order valence-electron chi connectivity index (χ0n) is 17.4. The molecule has 1 aliphatic rings. The molecule has 1 saturated carbocycles. The SMILES string of the molecule is CN(c1ccccc1)S(=O)(=O)c1cc(C(=O)OCC(=O)NC2(C#N)CCCC2)ccc1Cl. The predicted octanol–water partition coefficient (Wildman–Crippen LogP) is 3.27. The van der Waals surface area contributed by atoms with E-state index in [1.807, 2.05) is 0 Å². The summed E-state index contributed by atoms with van der Waals surface area (Å²) in [6, 6.07) is 14.2. The van der Waals surface area contributed by atoms with Gasteiger partial charge in [0.25, 0.3) is 15.9 Å². The van der Waals surface area contributed by atoms with Crippen molar-refractivity contribution < 1.29 is 22.7 Å². The lowest BCUT2D eigenvalue weighted by Gasteiger charge is -2.22.